The molecule has 0 aliphatic heterocycles. The van der Waals surface area contributed by atoms with Gasteiger partial charge in [-0.25, -0.2) is 0 Å². The van der Waals surface area contributed by atoms with Crippen LogP contribution in [0.4, 0.5) is 5.69 Å². The largest absolute Gasteiger partial charge is 0.481 e. The number of esters is 1. The zero-order valence-corrected chi connectivity index (χ0v) is 9.53. The molecule has 1 aromatic carbocycles. The van der Waals surface area contributed by atoms with Crippen LogP contribution in [0.2, 0.25) is 0 Å². The van der Waals surface area contributed by atoms with Gasteiger partial charge in [0.25, 0.3) is 5.69 Å². The maximum absolute atomic E-state index is 11.4. The molecule has 1 atom stereocenters. The first kappa shape index (κ1) is 13.6. The van der Waals surface area contributed by atoms with E-state index < -0.39 is 29.2 Å². The first-order chi connectivity index (χ1) is 8.45. The van der Waals surface area contributed by atoms with E-state index in [9.17, 15) is 19.7 Å². The molecule has 1 aromatic rings. The summed E-state index contributed by atoms with van der Waals surface area (Å²) >= 11 is 0. The maximum atomic E-state index is 11.4. The molecule has 0 aliphatic rings. The van der Waals surface area contributed by atoms with Gasteiger partial charge in [0.15, 0.2) is 0 Å². The van der Waals surface area contributed by atoms with Crippen molar-refractivity contribution in [1.29, 1.82) is 0 Å². The Bertz CT molecular complexity index is 467. The predicted molar refractivity (Wildman–Crippen MR) is 60.1 cm³/mol. The number of nitro benzene ring substituents is 1. The molecule has 7 nitrogen and oxygen atoms in total. The Hall–Kier alpha value is -2.44. The number of carbonyl (C=O) groups is 2. The highest BCUT2D eigenvalue weighted by Crippen LogP contribution is 2.23. The first-order valence-electron chi connectivity index (χ1n) is 4.99. The van der Waals surface area contributed by atoms with E-state index in [1.54, 1.807) is 0 Å². The number of carboxylic acid groups (broad SMARTS) is 1. The number of benzene rings is 1. The second kappa shape index (κ2) is 5.76. The lowest BCUT2D eigenvalue weighted by molar-refractivity contribution is -0.384. The lowest BCUT2D eigenvalue weighted by Crippen LogP contribution is -2.17. The van der Waals surface area contributed by atoms with Crippen LogP contribution >= 0.6 is 0 Å². The lowest BCUT2D eigenvalue weighted by Gasteiger charge is -2.12. The van der Waals surface area contributed by atoms with E-state index >= 15 is 0 Å². The molecular formula is C11H11NO6. The smallest absolute Gasteiger partial charge is 0.313 e. The summed E-state index contributed by atoms with van der Waals surface area (Å²) in [6.45, 7) is 0. The number of carboxylic acids is 1. The number of carbonyl (C=O) groups excluding carboxylic acids is 1. The third-order valence-corrected chi connectivity index (χ3v) is 2.37. The number of nitro groups is 1. The molecule has 1 N–H and O–H groups in total. The Morgan fingerprint density at radius 3 is 2.33 bits per heavy atom. The molecule has 0 bridgehead atoms. The summed E-state index contributed by atoms with van der Waals surface area (Å²) in [5.41, 5.74) is 0.243. The summed E-state index contributed by atoms with van der Waals surface area (Å²) in [7, 11) is 1.16. The van der Waals surface area contributed by atoms with Gasteiger partial charge in [-0.15, -0.1) is 0 Å². The summed E-state index contributed by atoms with van der Waals surface area (Å²) in [6, 6.07) is 5.13. The van der Waals surface area contributed by atoms with E-state index in [-0.39, 0.29) is 5.69 Å². The van der Waals surface area contributed by atoms with Crippen molar-refractivity contribution in [1.82, 2.24) is 0 Å². The third-order valence-electron chi connectivity index (χ3n) is 2.37. The molecular weight excluding hydrogens is 242 g/mol. The molecule has 1 unspecified atom stereocenters. The van der Waals surface area contributed by atoms with E-state index in [0.717, 1.165) is 7.11 Å². The summed E-state index contributed by atoms with van der Waals surface area (Å²) in [5, 5.41) is 19.2. The number of hydrogen-bond acceptors (Lipinski definition) is 5. The second-order valence-electron chi connectivity index (χ2n) is 3.52. The highest BCUT2D eigenvalue weighted by Gasteiger charge is 2.24. The topological polar surface area (TPSA) is 107 Å². The zero-order valence-electron chi connectivity index (χ0n) is 9.53. The standard InChI is InChI=1S/C11H11NO6/c1-18-11(15)9(6-10(13)14)7-2-4-8(5-3-7)12(16)17/h2-5,9H,6H2,1H3,(H,13,14). The fourth-order valence-electron chi connectivity index (χ4n) is 1.48. The van der Waals surface area contributed by atoms with Gasteiger partial charge in [0.05, 0.1) is 24.4 Å². The molecule has 0 fully saturated rings. The van der Waals surface area contributed by atoms with Gasteiger partial charge in [0.2, 0.25) is 0 Å². The van der Waals surface area contributed by atoms with Crippen LogP contribution in [0.5, 0.6) is 0 Å². The monoisotopic (exact) mass is 253 g/mol. The summed E-state index contributed by atoms with van der Waals surface area (Å²) in [4.78, 5) is 32.0. The average molecular weight is 253 g/mol. The zero-order chi connectivity index (χ0) is 13.7. The van der Waals surface area contributed by atoms with Gasteiger partial charge >= 0.3 is 11.9 Å². The average Bonchev–Trinajstić information content (AvgIpc) is 2.35. The van der Waals surface area contributed by atoms with Crippen LogP contribution < -0.4 is 0 Å². The van der Waals surface area contributed by atoms with Crippen molar-refractivity contribution < 1.29 is 24.4 Å². The van der Waals surface area contributed by atoms with E-state index in [1.165, 1.54) is 24.3 Å². The fourth-order valence-corrected chi connectivity index (χ4v) is 1.48. The minimum absolute atomic E-state index is 0.127. The van der Waals surface area contributed by atoms with Gasteiger partial charge in [-0.2, -0.15) is 0 Å². The molecule has 1 rings (SSSR count). The minimum atomic E-state index is -1.15. The van der Waals surface area contributed by atoms with Crippen molar-refractivity contribution in [3.05, 3.63) is 39.9 Å². The van der Waals surface area contributed by atoms with Gasteiger partial charge in [-0.3, -0.25) is 19.7 Å². The van der Waals surface area contributed by atoms with Crippen molar-refractivity contribution in [2.75, 3.05) is 7.11 Å². The molecule has 96 valence electrons. The molecule has 0 heterocycles. The van der Waals surface area contributed by atoms with E-state index in [4.69, 9.17) is 5.11 Å². The number of ether oxygens (including phenoxy) is 1. The summed E-state index contributed by atoms with van der Waals surface area (Å²) in [6.07, 6.45) is -0.426. The van der Waals surface area contributed by atoms with Crippen LogP contribution in [0.15, 0.2) is 24.3 Å². The molecule has 0 aromatic heterocycles. The van der Waals surface area contributed by atoms with E-state index in [2.05, 4.69) is 4.74 Å². The van der Waals surface area contributed by atoms with Crippen LogP contribution in [0.3, 0.4) is 0 Å². The van der Waals surface area contributed by atoms with Crippen molar-refractivity contribution in [3.63, 3.8) is 0 Å². The highest BCUT2D eigenvalue weighted by molar-refractivity contribution is 5.83. The van der Waals surface area contributed by atoms with Gasteiger partial charge in [0, 0.05) is 12.1 Å². The minimum Gasteiger partial charge on any atom is -0.481 e. The number of nitrogens with zero attached hydrogens (tertiary/aromatic N) is 1. The van der Waals surface area contributed by atoms with Crippen molar-refractivity contribution in [2.45, 2.75) is 12.3 Å². The quantitative estimate of drug-likeness (QED) is 0.482. The molecule has 0 aliphatic carbocycles. The number of non-ortho nitro benzene ring substituents is 1. The van der Waals surface area contributed by atoms with Crippen molar-refractivity contribution in [2.24, 2.45) is 0 Å². The van der Waals surface area contributed by atoms with Crippen LogP contribution in [0, 0.1) is 10.1 Å². The maximum Gasteiger partial charge on any atom is 0.313 e. The number of methoxy groups -OCH3 is 1. The Kier molecular flexibility index (Phi) is 4.36. The number of hydrogen-bond donors (Lipinski definition) is 1. The van der Waals surface area contributed by atoms with Gasteiger partial charge in [0.1, 0.15) is 0 Å². The lowest BCUT2D eigenvalue weighted by atomic mass is 9.95. The number of rotatable bonds is 5. The first-order valence-corrected chi connectivity index (χ1v) is 4.99. The SMILES string of the molecule is COC(=O)C(CC(=O)O)c1ccc([N+](=O)[O-])cc1. The predicted octanol–water partition coefficient (Wildman–Crippen LogP) is 1.33. The van der Waals surface area contributed by atoms with Crippen LogP contribution in [-0.4, -0.2) is 29.1 Å². The molecule has 0 amide bonds. The van der Waals surface area contributed by atoms with Crippen molar-refractivity contribution >= 4 is 17.6 Å². The van der Waals surface area contributed by atoms with E-state index in [1.807, 2.05) is 0 Å². The molecule has 0 spiro atoms. The Balaban J connectivity index is 3.01. The van der Waals surface area contributed by atoms with Gasteiger partial charge in [-0.05, 0) is 5.56 Å². The van der Waals surface area contributed by atoms with Crippen molar-refractivity contribution in [3.8, 4) is 0 Å². The Morgan fingerprint density at radius 2 is 1.94 bits per heavy atom. The third kappa shape index (κ3) is 3.27. The summed E-state index contributed by atoms with van der Waals surface area (Å²) in [5.74, 6) is -2.80. The van der Waals surface area contributed by atoms with Gasteiger partial charge in [-0.1, -0.05) is 12.1 Å². The fraction of sp³-hybridized carbons (Fsp3) is 0.273. The van der Waals surface area contributed by atoms with Crippen LogP contribution in [0.1, 0.15) is 17.9 Å². The normalized spacial score (nSPS) is 11.6. The molecule has 0 radical (unpaired) electrons. The van der Waals surface area contributed by atoms with Gasteiger partial charge < -0.3 is 9.84 Å². The second-order valence-corrected chi connectivity index (χ2v) is 3.52. The highest BCUT2D eigenvalue weighted by atomic mass is 16.6. The van der Waals surface area contributed by atoms with E-state index in [0.29, 0.717) is 5.56 Å². The Labute approximate surface area is 102 Å². The Morgan fingerprint density at radius 1 is 1.39 bits per heavy atom. The molecule has 0 saturated carbocycles. The van der Waals surface area contributed by atoms with Crippen LogP contribution in [-0.2, 0) is 14.3 Å². The van der Waals surface area contributed by atoms with Crippen LogP contribution in [0.25, 0.3) is 0 Å². The molecule has 7 heteroatoms. The number of aliphatic carboxylic acids is 1. The molecule has 0 saturated heterocycles. The molecule has 18 heavy (non-hydrogen) atoms. The summed E-state index contributed by atoms with van der Waals surface area (Å²) < 4.78 is 4.51.